The van der Waals surface area contributed by atoms with Crippen LogP contribution >= 0.6 is 35.6 Å². The quantitative estimate of drug-likeness (QED) is 0.555. The zero-order chi connectivity index (χ0) is 16.2. The fraction of sp³-hybridized carbons (Fsp3) is 0. The molecule has 1 saturated heterocycles. The zero-order valence-corrected chi connectivity index (χ0v) is 14.4. The maximum Gasteiger partial charge on any atom is 0.270 e. The summed E-state index contributed by atoms with van der Waals surface area (Å²) >= 11 is 12.8. The van der Waals surface area contributed by atoms with E-state index < -0.39 is 0 Å². The lowest BCUT2D eigenvalue weighted by molar-refractivity contribution is -0.113. The molecule has 0 radical (unpaired) electrons. The summed E-state index contributed by atoms with van der Waals surface area (Å²) in [5.41, 5.74) is 1.74. The summed E-state index contributed by atoms with van der Waals surface area (Å²) in [7, 11) is 0. The number of benzene rings is 2. The minimum absolute atomic E-state index is 0.147. The number of carbonyl (C=O) groups is 1. The summed E-state index contributed by atoms with van der Waals surface area (Å²) in [5, 5.41) is 0.491. The van der Waals surface area contributed by atoms with E-state index >= 15 is 0 Å². The molecular formula is C18H12ClNOS2. The first-order chi connectivity index (χ1) is 11.1. The number of anilines is 1. The van der Waals surface area contributed by atoms with Crippen molar-refractivity contribution in [3.63, 3.8) is 0 Å². The van der Waals surface area contributed by atoms with Gasteiger partial charge in [0, 0.05) is 5.03 Å². The molecular weight excluding hydrogens is 346 g/mol. The Morgan fingerprint density at radius 2 is 1.65 bits per heavy atom. The first kappa shape index (κ1) is 16.0. The maximum atomic E-state index is 12.6. The molecule has 0 spiro atoms. The summed E-state index contributed by atoms with van der Waals surface area (Å²) in [4.78, 5) is 14.6. The molecule has 0 N–H and O–H groups in total. The summed E-state index contributed by atoms with van der Waals surface area (Å²) in [6.07, 6.45) is 3.48. The smallest absolute Gasteiger partial charge is 0.268 e. The average Bonchev–Trinajstić information content (AvgIpc) is 2.83. The van der Waals surface area contributed by atoms with Gasteiger partial charge >= 0.3 is 0 Å². The fourth-order valence-corrected chi connectivity index (χ4v) is 3.73. The summed E-state index contributed by atoms with van der Waals surface area (Å²) in [6.45, 7) is 0. The Kier molecular flexibility index (Phi) is 4.96. The van der Waals surface area contributed by atoms with E-state index in [0.717, 1.165) is 11.3 Å². The van der Waals surface area contributed by atoms with E-state index in [4.69, 9.17) is 23.8 Å². The lowest BCUT2D eigenvalue weighted by atomic mass is 10.2. The molecule has 5 heteroatoms. The van der Waals surface area contributed by atoms with Crippen LogP contribution in [-0.2, 0) is 4.79 Å². The molecule has 2 aromatic carbocycles. The van der Waals surface area contributed by atoms with Crippen molar-refractivity contribution in [3.8, 4) is 0 Å². The fourth-order valence-electron chi connectivity index (χ4n) is 2.14. The SMILES string of the molecule is O=C1/C(=C/C(Cl)=C/c2ccccc2)SC(=S)N1c1ccccc1. The zero-order valence-electron chi connectivity index (χ0n) is 12.0. The molecule has 0 aliphatic carbocycles. The molecule has 1 heterocycles. The molecule has 1 amide bonds. The number of carbonyl (C=O) groups excluding carboxylic acids is 1. The van der Waals surface area contributed by atoms with E-state index in [2.05, 4.69) is 0 Å². The third kappa shape index (κ3) is 3.72. The van der Waals surface area contributed by atoms with E-state index in [1.165, 1.54) is 16.7 Å². The molecule has 23 heavy (non-hydrogen) atoms. The number of thioether (sulfide) groups is 1. The summed E-state index contributed by atoms with van der Waals surface area (Å²) in [6, 6.07) is 19.1. The molecule has 0 saturated carbocycles. The number of thiocarbonyl (C=S) groups is 1. The Bertz CT molecular complexity index is 800. The number of rotatable bonds is 3. The summed E-state index contributed by atoms with van der Waals surface area (Å²) < 4.78 is 0.511. The molecule has 0 aromatic heterocycles. The van der Waals surface area contributed by atoms with Crippen LogP contribution in [0.5, 0.6) is 0 Å². The van der Waals surface area contributed by atoms with E-state index in [0.29, 0.717) is 14.3 Å². The third-order valence-electron chi connectivity index (χ3n) is 3.18. The Morgan fingerprint density at radius 3 is 2.30 bits per heavy atom. The molecule has 2 nitrogen and oxygen atoms in total. The first-order valence-corrected chi connectivity index (χ1v) is 8.51. The number of allylic oxidation sites excluding steroid dienone is 2. The number of hydrogen-bond donors (Lipinski definition) is 0. The number of hydrogen-bond acceptors (Lipinski definition) is 3. The van der Waals surface area contributed by atoms with Gasteiger partial charge in [-0.1, -0.05) is 84.1 Å². The second-order valence-electron chi connectivity index (χ2n) is 4.79. The molecule has 1 fully saturated rings. The van der Waals surface area contributed by atoms with Crippen LogP contribution < -0.4 is 4.90 Å². The monoisotopic (exact) mass is 357 g/mol. The Morgan fingerprint density at radius 1 is 1.04 bits per heavy atom. The van der Waals surface area contributed by atoms with Gasteiger partial charge in [-0.15, -0.1) is 0 Å². The molecule has 114 valence electrons. The maximum absolute atomic E-state index is 12.6. The van der Waals surface area contributed by atoms with E-state index in [-0.39, 0.29) is 5.91 Å². The lowest BCUT2D eigenvalue weighted by Gasteiger charge is -2.13. The normalized spacial score (nSPS) is 17.2. The van der Waals surface area contributed by atoms with Crippen molar-refractivity contribution in [2.45, 2.75) is 0 Å². The van der Waals surface area contributed by atoms with Gasteiger partial charge in [0.05, 0.1) is 10.6 Å². The highest BCUT2D eigenvalue weighted by Gasteiger charge is 2.33. The first-order valence-electron chi connectivity index (χ1n) is 6.90. The number of halogens is 1. The highest BCUT2D eigenvalue weighted by molar-refractivity contribution is 8.27. The van der Waals surface area contributed by atoms with Crippen LogP contribution in [-0.4, -0.2) is 10.2 Å². The summed E-state index contributed by atoms with van der Waals surface area (Å²) in [5.74, 6) is -0.147. The van der Waals surface area contributed by atoms with Gasteiger partial charge in [-0.25, -0.2) is 0 Å². The molecule has 1 aliphatic heterocycles. The number of nitrogens with zero attached hydrogens (tertiary/aromatic N) is 1. The Hall–Kier alpha value is -1.88. The molecule has 0 unspecified atom stereocenters. The van der Waals surface area contributed by atoms with Crippen LogP contribution in [0.1, 0.15) is 5.56 Å². The highest BCUT2D eigenvalue weighted by Crippen LogP contribution is 2.35. The van der Waals surface area contributed by atoms with Crippen LogP contribution in [0.3, 0.4) is 0 Å². The lowest BCUT2D eigenvalue weighted by Crippen LogP contribution is -2.27. The van der Waals surface area contributed by atoms with E-state index in [1.54, 1.807) is 6.08 Å². The van der Waals surface area contributed by atoms with Gasteiger partial charge in [-0.05, 0) is 29.8 Å². The van der Waals surface area contributed by atoms with Crippen molar-refractivity contribution in [2.24, 2.45) is 0 Å². The van der Waals surface area contributed by atoms with Crippen molar-refractivity contribution >= 4 is 57.6 Å². The van der Waals surface area contributed by atoms with Gasteiger partial charge in [0.2, 0.25) is 0 Å². The van der Waals surface area contributed by atoms with Gasteiger partial charge in [0.1, 0.15) is 0 Å². The standard InChI is InChI=1S/C18H12ClNOS2/c19-14(11-13-7-3-1-4-8-13)12-16-17(21)20(18(22)23-16)15-9-5-2-6-10-15/h1-12H/b14-11-,16-12-. The van der Waals surface area contributed by atoms with Gasteiger partial charge in [0.15, 0.2) is 4.32 Å². The second-order valence-corrected chi connectivity index (χ2v) is 6.90. The van der Waals surface area contributed by atoms with Crippen molar-refractivity contribution in [1.29, 1.82) is 0 Å². The molecule has 2 aromatic rings. The van der Waals surface area contributed by atoms with E-state index in [1.807, 2.05) is 66.7 Å². The molecule has 1 aliphatic rings. The predicted molar refractivity (Wildman–Crippen MR) is 102 cm³/mol. The molecule has 0 atom stereocenters. The topological polar surface area (TPSA) is 20.3 Å². The largest absolute Gasteiger partial charge is 0.270 e. The van der Waals surface area contributed by atoms with Crippen molar-refractivity contribution in [3.05, 3.63) is 82.2 Å². The van der Waals surface area contributed by atoms with E-state index in [9.17, 15) is 4.79 Å². The predicted octanol–water partition coefficient (Wildman–Crippen LogP) is 5.22. The van der Waals surface area contributed by atoms with Crippen LogP contribution in [0.15, 0.2) is 76.7 Å². The number of amides is 1. The van der Waals surface area contributed by atoms with Gasteiger partial charge < -0.3 is 0 Å². The van der Waals surface area contributed by atoms with Crippen LogP contribution in [0.4, 0.5) is 5.69 Å². The van der Waals surface area contributed by atoms with Crippen LogP contribution in [0.25, 0.3) is 6.08 Å². The Labute approximate surface area is 149 Å². The van der Waals surface area contributed by atoms with Crippen molar-refractivity contribution < 1.29 is 4.79 Å². The van der Waals surface area contributed by atoms with Crippen molar-refractivity contribution in [1.82, 2.24) is 0 Å². The minimum atomic E-state index is -0.147. The van der Waals surface area contributed by atoms with Gasteiger partial charge in [-0.3, -0.25) is 9.69 Å². The van der Waals surface area contributed by atoms with Gasteiger partial charge in [-0.2, -0.15) is 0 Å². The third-order valence-corrected chi connectivity index (χ3v) is 4.70. The average molecular weight is 358 g/mol. The molecule has 3 rings (SSSR count). The van der Waals surface area contributed by atoms with Crippen LogP contribution in [0.2, 0.25) is 0 Å². The second kappa shape index (κ2) is 7.13. The van der Waals surface area contributed by atoms with Crippen molar-refractivity contribution in [2.75, 3.05) is 4.90 Å². The van der Waals surface area contributed by atoms with Crippen LogP contribution in [0, 0.1) is 0 Å². The molecule has 0 bridgehead atoms. The number of para-hydroxylation sites is 1. The highest BCUT2D eigenvalue weighted by atomic mass is 35.5. The van der Waals surface area contributed by atoms with Gasteiger partial charge in [0.25, 0.3) is 5.91 Å². The Balaban J connectivity index is 1.86. The minimum Gasteiger partial charge on any atom is -0.268 e.